The Kier molecular flexibility index (Phi) is 5.52. The van der Waals surface area contributed by atoms with Crippen molar-refractivity contribution in [2.45, 2.75) is 31.4 Å². The minimum Gasteiger partial charge on any atom is -0.486 e. The zero-order valence-corrected chi connectivity index (χ0v) is 19.2. The molecule has 3 aromatic rings. The summed E-state index contributed by atoms with van der Waals surface area (Å²) in [6.07, 6.45) is 1.78. The molecule has 0 spiro atoms. The first-order chi connectivity index (χ1) is 17.2. The summed E-state index contributed by atoms with van der Waals surface area (Å²) in [7, 11) is 0. The first-order valence-electron chi connectivity index (χ1n) is 12.0. The molecule has 178 valence electrons. The van der Waals surface area contributed by atoms with Crippen LogP contribution in [0.1, 0.15) is 40.4 Å². The number of carbonyl (C=O) groups is 2. The second-order valence-corrected chi connectivity index (χ2v) is 9.05. The fraction of sp³-hybridized carbons (Fsp3) is 0.286. The molecule has 7 nitrogen and oxygen atoms in total. The Morgan fingerprint density at radius 2 is 1.74 bits per heavy atom. The summed E-state index contributed by atoms with van der Waals surface area (Å²) in [5.74, 6) is 1.95. The van der Waals surface area contributed by atoms with Gasteiger partial charge in [-0.2, -0.15) is 0 Å². The van der Waals surface area contributed by atoms with Gasteiger partial charge in [0.05, 0.1) is 6.04 Å². The quantitative estimate of drug-likeness (QED) is 0.613. The highest BCUT2D eigenvalue weighted by molar-refractivity contribution is 5.99. The molecule has 3 aliphatic rings. The summed E-state index contributed by atoms with van der Waals surface area (Å²) < 4.78 is 17.2. The predicted octanol–water partition coefficient (Wildman–Crippen LogP) is 4.38. The molecule has 1 fully saturated rings. The average molecular weight is 471 g/mol. The molecule has 1 N–H and O–H groups in total. The normalized spacial score (nSPS) is 20.2. The zero-order valence-electron chi connectivity index (χ0n) is 19.2. The molecule has 35 heavy (non-hydrogen) atoms. The number of hydrogen-bond donors (Lipinski definition) is 1. The molecular formula is C28H26N2O5. The van der Waals surface area contributed by atoms with Crippen LogP contribution < -0.4 is 19.5 Å². The van der Waals surface area contributed by atoms with Crippen LogP contribution in [0, 0.1) is 0 Å². The fourth-order valence-electron chi connectivity index (χ4n) is 5.07. The number of ether oxygens (including phenoxy) is 3. The van der Waals surface area contributed by atoms with E-state index in [1.54, 1.807) is 24.3 Å². The van der Waals surface area contributed by atoms with Gasteiger partial charge in [0.1, 0.15) is 19.0 Å². The summed E-state index contributed by atoms with van der Waals surface area (Å²) in [4.78, 5) is 28.2. The van der Waals surface area contributed by atoms with Crippen molar-refractivity contribution in [3.05, 3.63) is 83.4 Å². The van der Waals surface area contributed by atoms with Gasteiger partial charge < -0.3 is 24.4 Å². The third-order valence-electron chi connectivity index (χ3n) is 6.78. The van der Waals surface area contributed by atoms with E-state index in [0.29, 0.717) is 37.4 Å². The number of nitrogens with one attached hydrogen (secondary N) is 1. The molecule has 0 bridgehead atoms. The highest BCUT2D eigenvalue weighted by Gasteiger charge is 2.32. The van der Waals surface area contributed by atoms with Gasteiger partial charge in [0.25, 0.3) is 11.8 Å². The van der Waals surface area contributed by atoms with E-state index in [9.17, 15) is 9.59 Å². The van der Waals surface area contributed by atoms with E-state index in [4.69, 9.17) is 14.2 Å². The topological polar surface area (TPSA) is 77.1 Å². The van der Waals surface area contributed by atoms with E-state index < -0.39 is 6.10 Å². The highest BCUT2D eigenvalue weighted by Crippen LogP contribution is 2.39. The zero-order chi connectivity index (χ0) is 23.8. The van der Waals surface area contributed by atoms with Crippen molar-refractivity contribution in [2.75, 3.05) is 25.1 Å². The number of likely N-dealkylation sites (tertiary alicyclic amines) is 1. The third kappa shape index (κ3) is 4.18. The van der Waals surface area contributed by atoms with E-state index in [2.05, 4.69) is 5.32 Å². The van der Waals surface area contributed by atoms with Crippen molar-refractivity contribution in [2.24, 2.45) is 0 Å². The molecule has 1 saturated heterocycles. The van der Waals surface area contributed by atoms with Gasteiger partial charge in [-0.05, 0) is 60.4 Å². The lowest BCUT2D eigenvalue weighted by Crippen LogP contribution is -2.32. The van der Waals surface area contributed by atoms with Crippen molar-refractivity contribution < 1.29 is 23.8 Å². The maximum absolute atomic E-state index is 13.5. The molecule has 0 aromatic heterocycles. The smallest absolute Gasteiger partial charge is 0.265 e. The maximum atomic E-state index is 13.5. The van der Waals surface area contributed by atoms with Gasteiger partial charge >= 0.3 is 0 Å². The maximum Gasteiger partial charge on any atom is 0.265 e. The lowest BCUT2D eigenvalue weighted by atomic mass is 10.0. The van der Waals surface area contributed by atoms with Crippen molar-refractivity contribution >= 4 is 17.5 Å². The highest BCUT2D eigenvalue weighted by atomic mass is 16.6. The lowest BCUT2D eigenvalue weighted by Gasteiger charge is -2.27. The van der Waals surface area contributed by atoms with Gasteiger partial charge in [0.2, 0.25) is 0 Å². The van der Waals surface area contributed by atoms with E-state index >= 15 is 0 Å². The Balaban J connectivity index is 1.16. The van der Waals surface area contributed by atoms with Crippen molar-refractivity contribution in [1.29, 1.82) is 0 Å². The largest absolute Gasteiger partial charge is 0.486 e. The Hall–Kier alpha value is -4.00. The van der Waals surface area contributed by atoms with Crippen LogP contribution in [0.5, 0.6) is 17.2 Å². The number of para-hydroxylation sites is 1. The van der Waals surface area contributed by atoms with Crippen LogP contribution in [0.25, 0.3) is 0 Å². The Bertz CT molecular complexity index is 1260. The van der Waals surface area contributed by atoms with Crippen LogP contribution in [-0.2, 0) is 11.2 Å². The first kappa shape index (κ1) is 21.5. The molecule has 0 aliphatic carbocycles. The van der Waals surface area contributed by atoms with Crippen LogP contribution >= 0.6 is 0 Å². The van der Waals surface area contributed by atoms with Gasteiger partial charge in [-0.25, -0.2) is 0 Å². The molecule has 2 amide bonds. The number of benzene rings is 3. The lowest BCUT2D eigenvalue weighted by molar-refractivity contribution is -0.122. The number of fused-ring (bicyclic) bond motifs is 2. The standard InChI is InChI=1S/C28H26N2O5/c31-27(26-17-19-5-1-2-9-23(19)35-26)29-21-7-3-6-20(15-21)28(32)30-12-4-8-22(30)18-10-11-24-25(16-18)34-14-13-33-24/h1-3,5-7,9-11,15-16,22,26H,4,8,12-14,17H2,(H,29,31). The number of hydrogen-bond acceptors (Lipinski definition) is 5. The minimum atomic E-state index is -0.579. The monoisotopic (exact) mass is 470 g/mol. The average Bonchev–Trinajstić information content (AvgIpc) is 3.56. The second kappa shape index (κ2) is 8.98. The number of rotatable bonds is 4. The van der Waals surface area contributed by atoms with Gasteiger partial charge in [-0.3, -0.25) is 9.59 Å². The van der Waals surface area contributed by atoms with Gasteiger partial charge in [0.15, 0.2) is 17.6 Å². The van der Waals surface area contributed by atoms with Crippen molar-refractivity contribution in [3.63, 3.8) is 0 Å². The first-order valence-corrected chi connectivity index (χ1v) is 12.0. The van der Waals surface area contributed by atoms with E-state index in [0.717, 1.165) is 41.2 Å². The molecule has 3 aromatic carbocycles. The van der Waals surface area contributed by atoms with E-state index in [1.807, 2.05) is 47.4 Å². The summed E-state index contributed by atoms with van der Waals surface area (Å²) in [6, 6.07) is 20.7. The number of carbonyl (C=O) groups excluding carboxylic acids is 2. The third-order valence-corrected chi connectivity index (χ3v) is 6.78. The van der Waals surface area contributed by atoms with Crippen LogP contribution in [0.2, 0.25) is 0 Å². The summed E-state index contributed by atoms with van der Waals surface area (Å²) >= 11 is 0. The molecule has 6 rings (SSSR count). The van der Waals surface area contributed by atoms with Gasteiger partial charge in [-0.15, -0.1) is 0 Å². The van der Waals surface area contributed by atoms with Crippen molar-refractivity contribution in [1.82, 2.24) is 4.90 Å². The van der Waals surface area contributed by atoms with Crippen molar-refractivity contribution in [3.8, 4) is 17.2 Å². The number of amides is 2. The molecule has 3 aliphatic heterocycles. The molecule has 0 saturated carbocycles. The molecular weight excluding hydrogens is 444 g/mol. The Morgan fingerprint density at radius 1 is 0.886 bits per heavy atom. The molecule has 2 unspecified atom stereocenters. The van der Waals surface area contributed by atoms with Gasteiger partial charge in [-0.1, -0.05) is 30.3 Å². The van der Waals surface area contributed by atoms with E-state index in [-0.39, 0.29) is 17.9 Å². The predicted molar refractivity (Wildman–Crippen MR) is 130 cm³/mol. The van der Waals surface area contributed by atoms with Crippen LogP contribution in [0.4, 0.5) is 5.69 Å². The van der Waals surface area contributed by atoms with Crippen LogP contribution in [0.3, 0.4) is 0 Å². The Morgan fingerprint density at radius 3 is 2.63 bits per heavy atom. The molecule has 0 radical (unpaired) electrons. The summed E-state index contributed by atoms with van der Waals surface area (Å²) in [5, 5.41) is 2.92. The van der Waals surface area contributed by atoms with E-state index in [1.165, 1.54) is 0 Å². The molecule has 3 heterocycles. The van der Waals surface area contributed by atoms with Crippen LogP contribution in [0.15, 0.2) is 66.7 Å². The molecule has 2 atom stereocenters. The van der Waals surface area contributed by atoms with Gasteiger partial charge in [0, 0.05) is 24.2 Å². The minimum absolute atomic E-state index is 0.0260. The second-order valence-electron chi connectivity index (χ2n) is 9.05. The fourth-order valence-corrected chi connectivity index (χ4v) is 5.07. The number of anilines is 1. The Labute approximate surface area is 203 Å². The molecule has 7 heteroatoms. The SMILES string of the molecule is O=C(Nc1cccc(C(=O)N2CCCC2c2ccc3c(c2)OCCO3)c1)C1Cc2ccccc2O1. The summed E-state index contributed by atoms with van der Waals surface area (Å²) in [6.45, 7) is 1.76. The summed E-state index contributed by atoms with van der Waals surface area (Å²) in [5.41, 5.74) is 3.19. The van der Waals surface area contributed by atoms with Crippen LogP contribution in [-0.4, -0.2) is 42.6 Å². The number of nitrogens with zero attached hydrogens (tertiary/aromatic N) is 1.